The molecule has 0 radical (unpaired) electrons. The van der Waals surface area contributed by atoms with Crippen LogP contribution in [-0.4, -0.2) is 29.3 Å². The Morgan fingerprint density at radius 1 is 1.12 bits per heavy atom. The molecule has 40 heavy (non-hydrogen) atoms. The molecule has 0 aliphatic heterocycles. The van der Waals surface area contributed by atoms with Crippen LogP contribution in [0.3, 0.4) is 0 Å². The summed E-state index contributed by atoms with van der Waals surface area (Å²) in [6.07, 6.45) is 4.75. The van der Waals surface area contributed by atoms with Crippen molar-refractivity contribution in [3.05, 3.63) is 81.9 Å². The average Bonchev–Trinajstić information content (AvgIpc) is 3.42. The standard InChI is InChI=1S/C33H37N3O3S/c1-6-39-29(37)20-36-21(2)26(24-14-10-11-15-27(24)36)19-34-32-30(31(38)35-23-12-8-7-9-13-23)25-17-16-22(33(3,4)5)18-28(25)40-32/h7-15,19,22H,6,16-18,20H2,1-5H3,(H,35,38)/t22-/m0/s1. The summed E-state index contributed by atoms with van der Waals surface area (Å²) in [5, 5.41) is 4.83. The fourth-order valence-electron chi connectivity index (χ4n) is 5.63. The van der Waals surface area contributed by atoms with Crippen molar-refractivity contribution in [3.8, 4) is 0 Å². The Morgan fingerprint density at radius 2 is 1.85 bits per heavy atom. The van der Waals surface area contributed by atoms with E-state index < -0.39 is 0 Å². The fourth-order valence-corrected chi connectivity index (χ4v) is 6.90. The van der Waals surface area contributed by atoms with Crippen LogP contribution in [0.4, 0.5) is 10.7 Å². The van der Waals surface area contributed by atoms with E-state index in [-0.39, 0.29) is 23.8 Å². The number of hydrogen-bond acceptors (Lipinski definition) is 5. The zero-order chi connectivity index (χ0) is 28.4. The Labute approximate surface area is 240 Å². The average molecular weight is 556 g/mol. The van der Waals surface area contributed by atoms with Gasteiger partial charge in [0.1, 0.15) is 11.5 Å². The molecule has 1 atom stereocenters. The number of para-hydroxylation sites is 2. The maximum atomic E-state index is 13.7. The van der Waals surface area contributed by atoms with Crippen molar-refractivity contribution in [2.45, 2.75) is 60.4 Å². The van der Waals surface area contributed by atoms with Crippen molar-refractivity contribution in [2.75, 3.05) is 11.9 Å². The molecule has 1 N–H and O–H groups in total. The van der Waals surface area contributed by atoms with Gasteiger partial charge in [0.15, 0.2) is 0 Å². The van der Waals surface area contributed by atoms with Gasteiger partial charge in [0.25, 0.3) is 5.91 Å². The lowest BCUT2D eigenvalue weighted by atomic mass is 9.72. The van der Waals surface area contributed by atoms with Gasteiger partial charge in [-0.1, -0.05) is 57.2 Å². The minimum absolute atomic E-state index is 0.119. The van der Waals surface area contributed by atoms with Crippen LogP contribution in [-0.2, 0) is 28.9 Å². The zero-order valence-electron chi connectivity index (χ0n) is 23.9. The summed E-state index contributed by atoms with van der Waals surface area (Å²) in [5.74, 6) is 0.171. The third kappa shape index (κ3) is 5.61. The summed E-state index contributed by atoms with van der Waals surface area (Å²) in [6.45, 7) is 11.2. The van der Waals surface area contributed by atoms with E-state index in [0.29, 0.717) is 18.1 Å². The van der Waals surface area contributed by atoms with Crippen LogP contribution in [0.1, 0.15) is 66.2 Å². The largest absolute Gasteiger partial charge is 0.465 e. The quantitative estimate of drug-likeness (QED) is 0.187. The molecule has 5 rings (SSSR count). The summed E-state index contributed by atoms with van der Waals surface area (Å²) in [6, 6.07) is 17.6. The number of ether oxygens (including phenoxy) is 1. The van der Waals surface area contributed by atoms with Crippen molar-refractivity contribution in [2.24, 2.45) is 16.3 Å². The molecule has 0 bridgehead atoms. The van der Waals surface area contributed by atoms with E-state index >= 15 is 0 Å². The van der Waals surface area contributed by atoms with Crippen LogP contribution in [0.5, 0.6) is 0 Å². The summed E-state index contributed by atoms with van der Waals surface area (Å²) in [4.78, 5) is 32.3. The molecule has 208 valence electrons. The van der Waals surface area contributed by atoms with Gasteiger partial charge in [0.05, 0.1) is 12.2 Å². The second-order valence-corrected chi connectivity index (χ2v) is 12.6. The number of nitrogens with zero attached hydrogens (tertiary/aromatic N) is 2. The summed E-state index contributed by atoms with van der Waals surface area (Å²) in [5.41, 5.74) is 5.61. The molecular formula is C33H37N3O3S. The molecule has 0 fully saturated rings. The number of carbonyl (C=O) groups excluding carboxylic acids is 2. The van der Waals surface area contributed by atoms with Crippen molar-refractivity contribution >= 4 is 51.0 Å². The molecule has 1 aliphatic rings. The Balaban J connectivity index is 1.56. The minimum Gasteiger partial charge on any atom is -0.465 e. The van der Waals surface area contributed by atoms with E-state index in [2.05, 4.69) is 26.1 Å². The summed E-state index contributed by atoms with van der Waals surface area (Å²) in [7, 11) is 0. The van der Waals surface area contributed by atoms with Crippen molar-refractivity contribution in [1.82, 2.24) is 4.57 Å². The second-order valence-electron chi connectivity index (χ2n) is 11.5. The number of aliphatic imine (C=N–C) groups is 1. The minimum atomic E-state index is -0.269. The van der Waals surface area contributed by atoms with Crippen molar-refractivity contribution in [3.63, 3.8) is 0 Å². The maximum absolute atomic E-state index is 13.7. The van der Waals surface area contributed by atoms with Gasteiger partial charge in [-0.25, -0.2) is 4.99 Å². The zero-order valence-corrected chi connectivity index (χ0v) is 24.7. The van der Waals surface area contributed by atoms with Gasteiger partial charge in [-0.3, -0.25) is 9.59 Å². The maximum Gasteiger partial charge on any atom is 0.325 e. The van der Waals surface area contributed by atoms with E-state index in [1.54, 1.807) is 11.3 Å². The molecule has 0 spiro atoms. The Bertz CT molecular complexity index is 1570. The Kier molecular flexibility index (Phi) is 7.95. The normalized spacial score (nSPS) is 15.4. The van der Waals surface area contributed by atoms with Gasteiger partial charge in [0.2, 0.25) is 0 Å². The first-order chi connectivity index (χ1) is 19.2. The Morgan fingerprint density at radius 3 is 2.58 bits per heavy atom. The number of thiophene rings is 1. The van der Waals surface area contributed by atoms with E-state index in [1.165, 1.54) is 4.88 Å². The molecule has 0 unspecified atom stereocenters. The third-order valence-electron chi connectivity index (χ3n) is 7.91. The molecule has 4 aromatic rings. The van der Waals surface area contributed by atoms with E-state index in [4.69, 9.17) is 9.73 Å². The first kappa shape index (κ1) is 27.8. The molecule has 6 nitrogen and oxygen atoms in total. The SMILES string of the molecule is CCOC(=O)Cn1c(C)c(C=Nc2sc3c(c2C(=O)Nc2ccccc2)CC[C@H](C(C)(C)C)C3)c2ccccc21. The van der Waals surface area contributed by atoms with Crippen LogP contribution in [0, 0.1) is 18.3 Å². The molecule has 0 saturated carbocycles. The van der Waals surface area contributed by atoms with Gasteiger partial charge in [-0.15, -0.1) is 11.3 Å². The van der Waals surface area contributed by atoms with Crippen LogP contribution >= 0.6 is 11.3 Å². The van der Waals surface area contributed by atoms with Crippen LogP contribution < -0.4 is 5.32 Å². The van der Waals surface area contributed by atoms with Crippen LogP contribution in [0.15, 0.2) is 59.6 Å². The fraction of sp³-hybridized carbons (Fsp3) is 0.364. The molecule has 2 aromatic carbocycles. The number of anilines is 1. The number of fused-ring (bicyclic) bond motifs is 2. The van der Waals surface area contributed by atoms with Crippen molar-refractivity contribution < 1.29 is 14.3 Å². The molecule has 1 aliphatic carbocycles. The highest BCUT2D eigenvalue weighted by Gasteiger charge is 2.33. The highest BCUT2D eigenvalue weighted by molar-refractivity contribution is 7.16. The first-order valence-corrected chi connectivity index (χ1v) is 14.8. The molecule has 2 aromatic heterocycles. The molecule has 1 amide bonds. The van der Waals surface area contributed by atoms with Crippen LogP contribution in [0.25, 0.3) is 10.9 Å². The summed E-state index contributed by atoms with van der Waals surface area (Å²) >= 11 is 1.64. The number of nitrogens with one attached hydrogen (secondary N) is 1. The topological polar surface area (TPSA) is 72.7 Å². The van der Waals surface area contributed by atoms with Gasteiger partial charge in [0, 0.05) is 38.9 Å². The number of rotatable bonds is 7. The number of aromatic nitrogens is 1. The lowest BCUT2D eigenvalue weighted by Gasteiger charge is -2.33. The monoisotopic (exact) mass is 555 g/mol. The predicted molar refractivity (Wildman–Crippen MR) is 164 cm³/mol. The molecule has 7 heteroatoms. The highest BCUT2D eigenvalue weighted by atomic mass is 32.1. The van der Waals surface area contributed by atoms with Gasteiger partial charge >= 0.3 is 5.97 Å². The predicted octanol–water partition coefficient (Wildman–Crippen LogP) is 7.73. The van der Waals surface area contributed by atoms with Gasteiger partial charge in [-0.2, -0.15) is 0 Å². The number of amides is 1. The number of carbonyl (C=O) groups is 2. The van der Waals surface area contributed by atoms with E-state index in [1.807, 2.05) is 79.2 Å². The van der Waals surface area contributed by atoms with Crippen molar-refractivity contribution in [1.29, 1.82) is 0 Å². The highest BCUT2D eigenvalue weighted by Crippen LogP contribution is 2.45. The third-order valence-corrected chi connectivity index (χ3v) is 9.08. The molecule has 2 heterocycles. The molecular weight excluding hydrogens is 518 g/mol. The molecule has 0 saturated heterocycles. The Hall–Kier alpha value is -3.71. The summed E-state index contributed by atoms with van der Waals surface area (Å²) < 4.78 is 7.20. The van der Waals surface area contributed by atoms with E-state index in [9.17, 15) is 9.59 Å². The van der Waals surface area contributed by atoms with E-state index in [0.717, 1.165) is 57.7 Å². The lowest BCUT2D eigenvalue weighted by Crippen LogP contribution is -2.27. The second kappa shape index (κ2) is 11.4. The van der Waals surface area contributed by atoms with Crippen LogP contribution in [0.2, 0.25) is 0 Å². The number of hydrogen-bond donors (Lipinski definition) is 1. The number of esters is 1. The van der Waals surface area contributed by atoms with Gasteiger partial charge in [-0.05, 0) is 68.2 Å². The smallest absolute Gasteiger partial charge is 0.325 e. The number of benzene rings is 2. The van der Waals surface area contributed by atoms with Gasteiger partial charge < -0.3 is 14.6 Å². The lowest BCUT2D eigenvalue weighted by molar-refractivity contribution is -0.143. The first-order valence-electron chi connectivity index (χ1n) is 14.0.